The third-order valence-corrected chi connectivity index (χ3v) is 3.57. The Kier molecular flexibility index (Phi) is 8.18. The molecule has 3 nitrogen and oxygen atoms in total. The van der Waals surface area contributed by atoms with E-state index in [2.05, 4.69) is 70.5 Å². The molecule has 0 aromatic rings. The molecule has 0 heterocycles. The van der Waals surface area contributed by atoms with Gasteiger partial charge in [-0.05, 0) is 54.6 Å². The molecule has 19 heavy (non-hydrogen) atoms. The topological polar surface area (TPSA) is 18.5 Å². The van der Waals surface area contributed by atoms with Gasteiger partial charge in [0.1, 0.15) is 0 Å². The van der Waals surface area contributed by atoms with Gasteiger partial charge in [-0.3, -0.25) is 4.90 Å². The van der Waals surface area contributed by atoms with Crippen LogP contribution in [0, 0.1) is 0 Å². The molecule has 0 saturated heterocycles. The summed E-state index contributed by atoms with van der Waals surface area (Å²) in [6.07, 6.45) is 0. The van der Waals surface area contributed by atoms with Gasteiger partial charge < -0.3 is 10.2 Å². The van der Waals surface area contributed by atoms with E-state index in [0.717, 1.165) is 32.7 Å². The Balaban J connectivity index is 4.25. The largest absolute Gasteiger partial charge is 0.311 e. The van der Waals surface area contributed by atoms with Crippen molar-refractivity contribution in [3.63, 3.8) is 0 Å². The van der Waals surface area contributed by atoms with E-state index >= 15 is 0 Å². The van der Waals surface area contributed by atoms with Crippen LogP contribution in [0.4, 0.5) is 0 Å². The quantitative estimate of drug-likeness (QED) is 0.732. The number of hydrogen-bond donors (Lipinski definition) is 1. The van der Waals surface area contributed by atoms with Gasteiger partial charge in [0, 0.05) is 37.3 Å². The number of hydrogen-bond acceptors (Lipinski definition) is 3. The Morgan fingerprint density at radius 1 is 0.789 bits per heavy atom. The highest BCUT2D eigenvalue weighted by Gasteiger charge is 2.21. The fraction of sp³-hybridized carbons (Fsp3) is 1.00. The van der Waals surface area contributed by atoms with Gasteiger partial charge in [0.05, 0.1) is 0 Å². The highest BCUT2D eigenvalue weighted by Crippen LogP contribution is 2.12. The molecule has 116 valence electrons. The number of rotatable bonds is 8. The first-order valence-electron chi connectivity index (χ1n) is 7.82. The maximum absolute atomic E-state index is 3.58. The third-order valence-electron chi connectivity index (χ3n) is 3.57. The van der Waals surface area contributed by atoms with Crippen LogP contribution in [0.25, 0.3) is 0 Å². The lowest BCUT2D eigenvalue weighted by atomic mass is 10.1. The SMILES string of the molecule is CCN(CC)CCN(CCNC(C)(C)C)C(C)(C)C. The van der Waals surface area contributed by atoms with Crippen molar-refractivity contribution < 1.29 is 0 Å². The lowest BCUT2D eigenvalue weighted by Crippen LogP contribution is -2.50. The van der Waals surface area contributed by atoms with E-state index in [4.69, 9.17) is 0 Å². The van der Waals surface area contributed by atoms with Crippen LogP contribution in [-0.2, 0) is 0 Å². The first kappa shape index (κ1) is 18.9. The van der Waals surface area contributed by atoms with Crippen molar-refractivity contribution in [3.05, 3.63) is 0 Å². The van der Waals surface area contributed by atoms with Crippen molar-refractivity contribution in [3.8, 4) is 0 Å². The van der Waals surface area contributed by atoms with Gasteiger partial charge in [0.25, 0.3) is 0 Å². The molecule has 0 fully saturated rings. The number of nitrogens with zero attached hydrogens (tertiary/aromatic N) is 2. The lowest BCUT2D eigenvalue weighted by Gasteiger charge is -2.37. The highest BCUT2D eigenvalue weighted by atomic mass is 15.2. The van der Waals surface area contributed by atoms with E-state index in [1.807, 2.05) is 0 Å². The molecule has 0 atom stereocenters. The Morgan fingerprint density at radius 2 is 1.32 bits per heavy atom. The highest BCUT2D eigenvalue weighted by molar-refractivity contribution is 4.79. The first-order chi connectivity index (χ1) is 8.60. The van der Waals surface area contributed by atoms with Crippen LogP contribution < -0.4 is 5.32 Å². The lowest BCUT2D eigenvalue weighted by molar-refractivity contribution is 0.115. The van der Waals surface area contributed by atoms with Crippen molar-refractivity contribution >= 4 is 0 Å². The van der Waals surface area contributed by atoms with Crippen molar-refractivity contribution in [2.75, 3.05) is 39.3 Å². The second-order valence-electron chi connectivity index (χ2n) is 7.36. The minimum Gasteiger partial charge on any atom is -0.311 e. The first-order valence-corrected chi connectivity index (χ1v) is 7.82. The monoisotopic (exact) mass is 271 g/mol. The van der Waals surface area contributed by atoms with Gasteiger partial charge in [-0.1, -0.05) is 13.8 Å². The zero-order valence-electron chi connectivity index (χ0n) is 14.6. The zero-order chi connectivity index (χ0) is 15.1. The van der Waals surface area contributed by atoms with Gasteiger partial charge in [0.2, 0.25) is 0 Å². The molecule has 0 aliphatic carbocycles. The van der Waals surface area contributed by atoms with Gasteiger partial charge >= 0.3 is 0 Å². The smallest absolute Gasteiger partial charge is 0.0126 e. The maximum Gasteiger partial charge on any atom is 0.0126 e. The molecule has 0 aliphatic rings. The van der Waals surface area contributed by atoms with E-state index in [9.17, 15) is 0 Å². The van der Waals surface area contributed by atoms with Crippen LogP contribution in [-0.4, -0.2) is 60.1 Å². The number of likely N-dealkylation sites (N-methyl/N-ethyl adjacent to an activating group) is 1. The summed E-state index contributed by atoms with van der Waals surface area (Å²) in [5.74, 6) is 0. The third kappa shape index (κ3) is 9.42. The summed E-state index contributed by atoms with van der Waals surface area (Å²) in [6, 6.07) is 0. The maximum atomic E-state index is 3.58. The molecule has 0 aromatic heterocycles. The van der Waals surface area contributed by atoms with Gasteiger partial charge in [-0.25, -0.2) is 0 Å². The van der Waals surface area contributed by atoms with Crippen LogP contribution in [0.5, 0.6) is 0 Å². The summed E-state index contributed by atoms with van der Waals surface area (Å²) >= 11 is 0. The van der Waals surface area contributed by atoms with Crippen molar-refractivity contribution in [2.24, 2.45) is 0 Å². The molecule has 0 amide bonds. The van der Waals surface area contributed by atoms with Crippen LogP contribution in [0.1, 0.15) is 55.4 Å². The molecular weight excluding hydrogens is 234 g/mol. The van der Waals surface area contributed by atoms with Crippen LogP contribution in [0.2, 0.25) is 0 Å². The molecule has 1 N–H and O–H groups in total. The van der Waals surface area contributed by atoms with Gasteiger partial charge in [-0.2, -0.15) is 0 Å². The Hall–Kier alpha value is -0.120. The second kappa shape index (κ2) is 8.23. The molecule has 0 saturated carbocycles. The molecule has 0 rings (SSSR count). The van der Waals surface area contributed by atoms with E-state index in [-0.39, 0.29) is 11.1 Å². The van der Waals surface area contributed by atoms with E-state index in [0.29, 0.717) is 0 Å². The summed E-state index contributed by atoms with van der Waals surface area (Å²) in [5, 5.41) is 3.58. The number of nitrogens with one attached hydrogen (secondary N) is 1. The Bertz CT molecular complexity index is 221. The van der Waals surface area contributed by atoms with Crippen LogP contribution in [0.15, 0.2) is 0 Å². The van der Waals surface area contributed by atoms with Crippen molar-refractivity contribution in [1.29, 1.82) is 0 Å². The van der Waals surface area contributed by atoms with Crippen molar-refractivity contribution in [1.82, 2.24) is 15.1 Å². The summed E-state index contributed by atoms with van der Waals surface area (Å²) in [5.41, 5.74) is 0.454. The fourth-order valence-electron chi connectivity index (χ4n) is 2.15. The summed E-state index contributed by atoms with van der Waals surface area (Å²) < 4.78 is 0. The van der Waals surface area contributed by atoms with Gasteiger partial charge in [0.15, 0.2) is 0 Å². The summed E-state index contributed by atoms with van der Waals surface area (Å²) in [4.78, 5) is 5.08. The molecule has 3 heteroatoms. The molecule has 0 bridgehead atoms. The van der Waals surface area contributed by atoms with E-state index in [1.54, 1.807) is 0 Å². The second-order valence-corrected chi connectivity index (χ2v) is 7.36. The Labute approximate surface area is 121 Å². The van der Waals surface area contributed by atoms with Gasteiger partial charge in [-0.15, -0.1) is 0 Å². The summed E-state index contributed by atoms with van der Waals surface area (Å²) in [6.45, 7) is 24.9. The molecule has 0 spiro atoms. The van der Waals surface area contributed by atoms with E-state index < -0.39 is 0 Å². The molecular formula is C16H37N3. The summed E-state index contributed by atoms with van der Waals surface area (Å²) in [7, 11) is 0. The standard InChI is InChI=1S/C16H37N3/c1-9-18(10-2)13-14-19(16(6,7)8)12-11-17-15(3,4)5/h17H,9-14H2,1-8H3. The average molecular weight is 271 g/mol. The average Bonchev–Trinajstić information content (AvgIpc) is 2.24. The Morgan fingerprint density at radius 3 is 1.68 bits per heavy atom. The van der Waals surface area contributed by atoms with Crippen LogP contribution in [0.3, 0.4) is 0 Å². The van der Waals surface area contributed by atoms with Crippen LogP contribution >= 0.6 is 0 Å². The predicted octanol–water partition coefficient (Wildman–Crippen LogP) is 2.82. The minimum atomic E-state index is 0.211. The molecule has 0 aromatic carbocycles. The molecule has 0 radical (unpaired) electrons. The zero-order valence-corrected chi connectivity index (χ0v) is 14.6. The van der Waals surface area contributed by atoms with E-state index in [1.165, 1.54) is 6.54 Å². The predicted molar refractivity (Wildman–Crippen MR) is 86.9 cm³/mol. The minimum absolute atomic E-state index is 0.211. The fourth-order valence-corrected chi connectivity index (χ4v) is 2.15. The normalized spacial score (nSPS) is 13.6. The molecule has 0 aliphatic heterocycles. The molecule has 0 unspecified atom stereocenters. The van der Waals surface area contributed by atoms with Crippen molar-refractivity contribution in [2.45, 2.75) is 66.5 Å².